The number of ether oxygens (including phenoxy) is 1. The van der Waals surface area contributed by atoms with E-state index in [1.54, 1.807) is 0 Å². The molecular weight excluding hydrogens is 212 g/mol. The molecule has 2 N–H and O–H groups in total. The molecule has 2 rings (SSSR count). The summed E-state index contributed by atoms with van der Waals surface area (Å²) in [6, 6.07) is 1.49. The average Bonchev–Trinajstić information content (AvgIpc) is 2.84. The lowest BCUT2D eigenvalue weighted by molar-refractivity contribution is 0.0123. The molecule has 1 saturated heterocycles. The van der Waals surface area contributed by atoms with E-state index < -0.39 is 5.54 Å². The minimum atomic E-state index is -0.589. The fraction of sp³-hybridized carbons (Fsp3) is 0.600. The third-order valence-electron chi connectivity index (χ3n) is 2.80. The Hall–Kier alpha value is -1.40. The van der Waals surface area contributed by atoms with E-state index in [0.717, 1.165) is 0 Å². The maximum absolute atomic E-state index is 11.8. The van der Waals surface area contributed by atoms with Crippen molar-refractivity contribution in [2.45, 2.75) is 18.4 Å². The van der Waals surface area contributed by atoms with E-state index in [0.29, 0.717) is 26.1 Å². The Bertz CT molecular complexity index is 344. The van der Waals surface area contributed by atoms with Crippen molar-refractivity contribution in [3.63, 3.8) is 0 Å². The van der Waals surface area contributed by atoms with Gasteiger partial charge in [-0.15, -0.1) is 0 Å². The lowest BCUT2D eigenvalue weighted by atomic mass is 9.91. The van der Waals surface area contributed by atoms with Crippen LogP contribution in [0.1, 0.15) is 23.3 Å². The van der Waals surface area contributed by atoms with Gasteiger partial charge in [0.15, 0.2) is 5.69 Å². The van der Waals surface area contributed by atoms with Gasteiger partial charge in [-0.05, 0) is 12.8 Å². The molecular formula is C10H14N2O4. The van der Waals surface area contributed by atoms with Crippen molar-refractivity contribution in [2.75, 3.05) is 19.8 Å². The lowest BCUT2D eigenvalue weighted by Crippen LogP contribution is -2.54. The highest BCUT2D eigenvalue weighted by Crippen LogP contribution is 2.20. The molecule has 1 fully saturated rings. The number of carbonyl (C=O) groups excluding carboxylic acids is 1. The van der Waals surface area contributed by atoms with Crippen molar-refractivity contribution < 1.29 is 19.2 Å². The molecule has 0 aliphatic carbocycles. The topological polar surface area (TPSA) is 84.6 Å². The molecule has 1 aliphatic rings. The fourth-order valence-corrected chi connectivity index (χ4v) is 1.72. The zero-order valence-corrected chi connectivity index (χ0v) is 8.81. The number of aromatic nitrogens is 1. The van der Waals surface area contributed by atoms with Gasteiger partial charge in [-0.3, -0.25) is 4.79 Å². The molecule has 88 valence electrons. The Morgan fingerprint density at radius 3 is 2.88 bits per heavy atom. The number of nitrogens with zero attached hydrogens (tertiary/aromatic N) is 1. The Morgan fingerprint density at radius 1 is 1.56 bits per heavy atom. The summed E-state index contributed by atoms with van der Waals surface area (Å²) in [6.07, 6.45) is 2.55. The molecule has 0 aromatic carbocycles. The van der Waals surface area contributed by atoms with Crippen LogP contribution in [0.25, 0.3) is 0 Å². The third-order valence-corrected chi connectivity index (χ3v) is 2.80. The summed E-state index contributed by atoms with van der Waals surface area (Å²) in [5, 5.41) is 15.7. The second kappa shape index (κ2) is 4.63. The number of aliphatic hydroxyl groups excluding tert-OH is 1. The standard InChI is InChI=1S/C10H14N2O4/c13-7-10(2-5-15-6-3-10)11-9(14)8-1-4-16-12-8/h1,4,13H,2-3,5-7H2,(H,11,14). The third kappa shape index (κ3) is 2.23. The number of amides is 1. The van der Waals surface area contributed by atoms with Crippen LogP contribution in [-0.4, -0.2) is 41.5 Å². The van der Waals surface area contributed by atoms with Gasteiger partial charge in [0.2, 0.25) is 0 Å². The summed E-state index contributed by atoms with van der Waals surface area (Å²) >= 11 is 0. The molecule has 16 heavy (non-hydrogen) atoms. The first-order valence-corrected chi connectivity index (χ1v) is 5.17. The van der Waals surface area contributed by atoms with Crippen LogP contribution in [0.4, 0.5) is 0 Å². The summed E-state index contributed by atoms with van der Waals surface area (Å²) in [5.74, 6) is -0.329. The molecule has 2 heterocycles. The maximum atomic E-state index is 11.8. The van der Waals surface area contributed by atoms with Crippen LogP contribution < -0.4 is 5.32 Å². The first kappa shape index (κ1) is 11.1. The van der Waals surface area contributed by atoms with Gasteiger partial charge in [-0.2, -0.15) is 0 Å². The summed E-state index contributed by atoms with van der Waals surface area (Å²) in [5.41, 5.74) is -0.367. The number of hydrogen-bond donors (Lipinski definition) is 2. The van der Waals surface area contributed by atoms with Crippen LogP contribution in [0.3, 0.4) is 0 Å². The molecule has 1 aromatic heterocycles. The van der Waals surface area contributed by atoms with Crippen molar-refractivity contribution in [3.8, 4) is 0 Å². The van der Waals surface area contributed by atoms with Gasteiger partial charge in [-0.25, -0.2) is 0 Å². The number of nitrogens with one attached hydrogen (secondary N) is 1. The van der Waals surface area contributed by atoms with Gasteiger partial charge in [-0.1, -0.05) is 5.16 Å². The minimum Gasteiger partial charge on any atom is -0.394 e. The molecule has 1 amide bonds. The van der Waals surface area contributed by atoms with E-state index >= 15 is 0 Å². The molecule has 0 spiro atoms. The van der Waals surface area contributed by atoms with Gasteiger partial charge in [0.1, 0.15) is 6.26 Å². The zero-order valence-electron chi connectivity index (χ0n) is 8.81. The summed E-state index contributed by atoms with van der Waals surface area (Å²) in [4.78, 5) is 11.8. The number of aliphatic hydroxyl groups is 1. The Kier molecular flexibility index (Phi) is 3.21. The van der Waals surface area contributed by atoms with Crippen LogP contribution in [0.5, 0.6) is 0 Å². The summed E-state index contributed by atoms with van der Waals surface area (Å²) < 4.78 is 9.80. The lowest BCUT2D eigenvalue weighted by Gasteiger charge is -2.35. The Labute approximate surface area is 92.6 Å². The molecule has 6 heteroatoms. The van der Waals surface area contributed by atoms with Crippen LogP contribution in [0, 0.1) is 0 Å². The van der Waals surface area contributed by atoms with E-state index in [9.17, 15) is 9.90 Å². The SMILES string of the molecule is O=C(NC1(CO)CCOCC1)c1ccon1. The highest BCUT2D eigenvalue weighted by atomic mass is 16.5. The second-order valence-corrected chi connectivity index (χ2v) is 3.89. The van der Waals surface area contributed by atoms with Crippen LogP contribution >= 0.6 is 0 Å². The first-order chi connectivity index (χ1) is 7.76. The van der Waals surface area contributed by atoms with E-state index in [-0.39, 0.29) is 18.2 Å². The van der Waals surface area contributed by atoms with Crippen molar-refractivity contribution in [2.24, 2.45) is 0 Å². The molecule has 1 aromatic rings. The number of rotatable bonds is 3. The summed E-state index contributed by atoms with van der Waals surface area (Å²) in [7, 11) is 0. The van der Waals surface area contributed by atoms with Crippen molar-refractivity contribution in [1.82, 2.24) is 10.5 Å². The molecule has 0 radical (unpaired) electrons. The van der Waals surface area contributed by atoms with Gasteiger partial charge in [0, 0.05) is 19.3 Å². The smallest absolute Gasteiger partial charge is 0.273 e. The normalized spacial score (nSPS) is 19.3. The molecule has 0 bridgehead atoms. The number of carbonyl (C=O) groups is 1. The van der Waals surface area contributed by atoms with Crippen molar-refractivity contribution in [1.29, 1.82) is 0 Å². The van der Waals surface area contributed by atoms with Gasteiger partial charge >= 0.3 is 0 Å². The van der Waals surface area contributed by atoms with E-state index in [4.69, 9.17) is 4.74 Å². The fourth-order valence-electron chi connectivity index (χ4n) is 1.72. The van der Waals surface area contributed by atoms with Crippen LogP contribution in [0.2, 0.25) is 0 Å². The Morgan fingerprint density at radius 2 is 2.31 bits per heavy atom. The maximum Gasteiger partial charge on any atom is 0.273 e. The van der Waals surface area contributed by atoms with Gasteiger partial charge in [0.25, 0.3) is 5.91 Å². The molecule has 0 atom stereocenters. The number of hydrogen-bond acceptors (Lipinski definition) is 5. The molecule has 0 unspecified atom stereocenters. The quantitative estimate of drug-likeness (QED) is 0.754. The van der Waals surface area contributed by atoms with Crippen LogP contribution in [-0.2, 0) is 4.74 Å². The molecule has 6 nitrogen and oxygen atoms in total. The minimum absolute atomic E-state index is 0.0973. The van der Waals surface area contributed by atoms with E-state index in [1.165, 1.54) is 12.3 Å². The van der Waals surface area contributed by atoms with E-state index in [2.05, 4.69) is 15.0 Å². The van der Waals surface area contributed by atoms with Crippen molar-refractivity contribution >= 4 is 5.91 Å². The highest BCUT2D eigenvalue weighted by Gasteiger charge is 2.34. The monoisotopic (exact) mass is 226 g/mol. The van der Waals surface area contributed by atoms with Crippen molar-refractivity contribution in [3.05, 3.63) is 18.0 Å². The Balaban J connectivity index is 2.03. The predicted octanol–water partition coefficient (Wildman–Crippen LogP) is -0.0541. The van der Waals surface area contributed by atoms with Crippen LogP contribution in [0.15, 0.2) is 16.9 Å². The predicted molar refractivity (Wildman–Crippen MR) is 53.8 cm³/mol. The summed E-state index contributed by atoms with van der Waals surface area (Å²) in [6.45, 7) is 0.985. The average molecular weight is 226 g/mol. The van der Waals surface area contributed by atoms with Gasteiger partial charge < -0.3 is 19.7 Å². The largest absolute Gasteiger partial charge is 0.394 e. The van der Waals surface area contributed by atoms with E-state index in [1.807, 2.05) is 0 Å². The highest BCUT2D eigenvalue weighted by molar-refractivity contribution is 5.92. The van der Waals surface area contributed by atoms with Gasteiger partial charge in [0.05, 0.1) is 12.1 Å². The molecule has 1 aliphatic heterocycles. The second-order valence-electron chi connectivity index (χ2n) is 3.89. The molecule has 0 saturated carbocycles. The zero-order chi connectivity index (χ0) is 11.4. The first-order valence-electron chi connectivity index (χ1n) is 5.17.